The Balaban J connectivity index is 1.78. The summed E-state index contributed by atoms with van der Waals surface area (Å²) in [7, 11) is 0. The number of aliphatic imine (C=N–C) groups is 1. The van der Waals surface area contributed by atoms with Crippen molar-refractivity contribution in [2.75, 3.05) is 13.1 Å². The summed E-state index contributed by atoms with van der Waals surface area (Å²) in [5, 5.41) is 12.9. The van der Waals surface area contributed by atoms with Gasteiger partial charge in [-0.05, 0) is 56.7 Å². The Morgan fingerprint density at radius 2 is 1.84 bits per heavy atom. The lowest BCUT2D eigenvalue weighted by molar-refractivity contribution is 0.00467. The van der Waals surface area contributed by atoms with E-state index in [1.807, 2.05) is 6.92 Å². The summed E-state index contributed by atoms with van der Waals surface area (Å²) in [5.74, 6) is 0. The highest BCUT2D eigenvalue weighted by Crippen LogP contribution is 2.35. The number of hydrogen-bond donors (Lipinski definition) is 2. The minimum Gasteiger partial charge on any atom is -0.390 e. The van der Waals surface area contributed by atoms with Gasteiger partial charge in [-0.3, -0.25) is 4.99 Å². The monoisotopic (exact) mass is 419 g/mol. The fourth-order valence-corrected chi connectivity index (χ4v) is 3.84. The van der Waals surface area contributed by atoms with Crippen LogP contribution in [0.2, 0.25) is 0 Å². The molecule has 2 N–H and O–H groups in total. The third kappa shape index (κ3) is 5.61. The molecule has 31 heavy (non-hydrogen) atoms. The number of carbonyl (C=O) groups is 1. The summed E-state index contributed by atoms with van der Waals surface area (Å²) < 4.78 is 0. The van der Waals surface area contributed by atoms with Crippen molar-refractivity contribution in [3.63, 3.8) is 0 Å². The molecule has 1 heterocycles. The molecule has 0 aliphatic carbocycles. The SMILES string of the molecule is C=C(/C=N\c1c(-c2ccc(C)cc2)ccc(CC)c1C)NC(=O)N1CCC(C)(O)CC1. The third-order valence-electron chi connectivity index (χ3n) is 6.03. The lowest BCUT2D eigenvalue weighted by atomic mass is 9.94. The molecule has 2 amide bonds. The Kier molecular flexibility index (Phi) is 6.96. The van der Waals surface area contributed by atoms with Crippen molar-refractivity contribution < 1.29 is 9.90 Å². The maximum Gasteiger partial charge on any atom is 0.321 e. The molecule has 0 spiro atoms. The molecule has 0 atom stereocenters. The van der Waals surface area contributed by atoms with Gasteiger partial charge in [0.2, 0.25) is 0 Å². The average molecular weight is 420 g/mol. The summed E-state index contributed by atoms with van der Waals surface area (Å²) in [6.45, 7) is 13.1. The predicted octanol–water partition coefficient (Wildman–Crippen LogP) is 5.31. The van der Waals surface area contributed by atoms with Crippen LogP contribution in [0, 0.1) is 13.8 Å². The van der Waals surface area contributed by atoms with E-state index >= 15 is 0 Å². The Bertz CT molecular complexity index is 980. The molecule has 1 aliphatic heterocycles. The number of piperidine rings is 1. The highest BCUT2D eigenvalue weighted by molar-refractivity contribution is 5.90. The Morgan fingerprint density at radius 3 is 2.45 bits per heavy atom. The van der Waals surface area contributed by atoms with Crippen molar-refractivity contribution >= 4 is 17.9 Å². The molecule has 5 heteroatoms. The summed E-state index contributed by atoms with van der Waals surface area (Å²) >= 11 is 0. The normalized spacial score (nSPS) is 15.8. The lowest BCUT2D eigenvalue weighted by Crippen LogP contribution is -2.48. The standard InChI is InChI=1S/C26H33N3O2/c1-6-21-11-12-23(22-9-7-18(2)8-10-22)24(20(21)4)27-17-19(3)28-25(30)29-15-13-26(5,31)14-16-29/h7-12,17,31H,3,6,13-16H2,1-2,4-5H3,(H,28,30)/b27-17-. The maximum atomic E-state index is 12.5. The predicted molar refractivity (Wildman–Crippen MR) is 128 cm³/mol. The Hall–Kier alpha value is -2.92. The van der Waals surface area contributed by atoms with E-state index < -0.39 is 5.60 Å². The van der Waals surface area contributed by atoms with Crippen molar-refractivity contribution in [3.05, 3.63) is 65.4 Å². The minimum absolute atomic E-state index is 0.204. The molecule has 0 aromatic heterocycles. The number of rotatable bonds is 5. The number of amides is 2. The van der Waals surface area contributed by atoms with Crippen LogP contribution in [0.15, 0.2) is 53.7 Å². The van der Waals surface area contributed by atoms with Crippen molar-refractivity contribution in [2.45, 2.75) is 52.6 Å². The number of urea groups is 1. The molecule has 2 aromatic rings. The molecular weight excluding hydrogens is 386 g/mol. The number of aliphatic hydroxyl groups is 1. The quantitative estimate of drug-likeness (QED) is 0.646. The zero-order chi connectivity index (χ0) is 22.6. The fraction of sp³-hybridized carbons (Fsp3) is 0.385. The van der Waals surface area contributed by atoms with Crippen LogP contribution in [0.5, 0.6) is 0 Å². The first-order valence-electron chi connectivity index (χ1n) is 10.9. The highest BCUT2D eigenvalue weighted by atomic mass is 16.3. The third-order valence-corrected chi connectivity index (χ3v) is 6.03. The number of benzene rings is 2. The van der Waals surface area contributed by atoms with Gasteiger partial charge >= 0.3 is 6.03 Å². The molecule has 0 bridgehead atoms. The van der Waals surface area contributed by atoms with Gasteiger partial charge in [0.15, 0.2) is 0 Å². The number of carbonyl (C=O) groups excluding carboxylic acids is 1. The molecule has 164 valence electrons. The Labute approximate surface area is 185 Å². The molecule has 5 nitrogen and oxygen atoms in total. The van der Waals surface area contributed by atoms with Gasteiger partial charge in [0.1, 0.15) is 0 Å². The molecule has 0 radical (unpaired) electrons. The molecule has 0 unspecified atom stereocenters. The highest BCUT2D eigenvalue weighted by Gasteiger charge is 2.29. The number of allylic oxidation sites excluding steroid dienone is 1. The van der Waals surface area contributed by atoms with Crippen LogP contribution in [0.3, 0.4) is 0 Å². The van der Waals surface area contributed by atoms with Gasteiger partial charge in [0.25, 0.3) is 0 Å². The largest absolute Gasteiger partial charge is 0.390 e. The Morgan fingerprint density at radius 1 is 1.19 bits per heavy atom. The zero-order valence-corrected chi connectivity index (χ0v) is 19.0. The molecule has 1 saturated heterocycles. The van der Waals surface area contributed by atoms with Crippen LogP contribution in [0.4, 0.5) is 10.5 Å². The van der Waals surface area contributed by atoms with Gasteiger partial charge in [0, 0.05) is 18.7 Å². The second-order valence-electron chi connectivity index (χ2n) is 8.66. The van der Waals surface area contributed by atoms with Crippen molar-refractivity contribution in [2.24, 2.45) is 4.99 Å². The zero-order valence-electron chi connectivity index (χ0n) is 19.0. The van der Waals surface area contributed by atoms with Crippen molar-refractivity contribution in [3.8, 4) is 11.1 Å². The topological polar surface area (TPSA) is 64.9 Å². The van der Waals surface area contributed by atoms with E-state index in [1.54, 1.807) is 11.1 Å². The second kappa shape index (κ2) is 9.48. The fourth-order valence-electron chi connectivity index (χ4n) is 3.84. The molecule has 1 fully saturated rings. The first-order valence-corrected chi connectivity index (χ1v) is 10.9. The molecule has 2 aromatic carbocycles. The maximum absolute atomic E-state index is 12.5. The van der Waals surface area contributed by atoms with Crippen LogP contribution >= 0.6 is 0 Å². The van der Waals surface area contributed by atoms with Gasteiger partial charge in [-0.1, -0.05) is 55.5 Å². The molecule has 3 rings (SSSR count). The van der Waals surface area contributed by atoms with E-state index in [-0.39, 0.29) is 6.03 Å². The van der Waals surface area contributed by atoms with E-state index in [0.29, 0.717) is 31.6 Å². The van der Waals surface area contributed by atoms with Crippen LogP contribution in [-0.2, 0) is 6.42 Å². The average Bonchev–Trinajstić information content (AvgIpc) is 2.73. The van der Waals surface area contributed by atoms with E-state index in [2.05, 4.69) is 69.1 Å². The first kappa shape index (κ1) is 22.8. The number of likely N-dealkylation sites (tertiary alicyclic amines) is 1. The first-order chi connectivity index (χ1) is 14.7. The minimum atomic E-state index is -0.691. The van der Waals surface area contributed by atoms with Gasteiger partial charge in [-0.2, -0.15) is 0 Å². The van der Waals surface area contributed by atoms with Gasteiger partial charge in [-0.15, -0.1) is 0 Å². The number of nitrogens with one attached hydrogen (secondary N) is 1. The number of hydrogen-bond acceptors (Lipinski definition) is 3. The van der Waals surface area contributed by atoms with Crippen LogP contribution in [-0.4, -0.2) is 40.9 Å². The molecule has 0 saturated carbocycles. The van der Waals surface area contributed by atoms with Crippen LogP contribution in [0.25, 0.3) is 11.1 Å². The summed E-state index contributed by atoms with van der Waals surface area (Å²) in [6, 6.07) is 12.5. The van der Waals surface area contributed by atoms with Gasteiger partial charge in [0.05, 0.1) is 23.2 Å². The van der Waals surface area contributed by atoms with Gasteiger partial charge in [-0.25, -0.2) is 4.79 Å². The van der Waals surface area contributed by atoms with Crippen LogP contribution in [0.1, 0.15) is 43.4 Å². The van der Waals surface area contributed by atoms with E-state index in [4.69, 9.17) is 4.99 Å². The van der Waals surface area contributed by atoms with Gasteiger partial charge < -0.3 is 15.3 Å². The second-order valence-corrected chi connectivity index (χ2v) is 8.66. The molecule has 1 aliphatic rings. The van der Waals surface area contributed by atoms with Crippen molar-refractivity contribution in [1.82, 2.24) is 10.2 Å². The molecular formula is C26H33N3O2. The van der Waals surface area contributed by atoms with E-state index in [9.17, 15) is 9.90 Å². The summed E-state index contributed by atoms with van der Waals surface area (Å²) in [4.78, 5) is 19.0. The lowest BCUT2D eigenvalue weighted by Gasteiger charge is -2.35. The van der Waals surface area contributed by atoms with E-state index in [0.717, 1.165) is 28.8 Å². The van der Waals surface area contributed by atoms with Crippen LogP contribution < -0.4 is 5.32 Å². The number of aryl methyl sites for hydroxylation is 2. The van der Waals surface area contributed by atoms with E-state index in [1.165, 1.54) is 11.1 Å². The smallest absolute Gasteiger partial charge is 0.321 e. The number of nitrogens with zero attached hydrogens (tertiary/aromatic N) is 2. The summed E-state index contributed by atoms with van der Waals surface area (Å²) in [6.07, 6.45) is 3.70. The summed E-state index contributed by atoms with van der Waals surface area (Å²) in [5.41, 5.74) is 6.41. The van der Waals surface area contributed by atoms with Crippen molar-refractivity contribution in [1.29, 1.82) is 0 Å².